The van der Waals surface area contributed by atoms with Gasteiger partial charge in [-0.15, -0.1) is 5.10 Å². The van der Waals surface area contributed by atoms with Crippen LogP contribution in [0.1, 0.15) is 11.4 Å². The minimum atomic E-state index is -0.555. The Morgan fingerprint density at radius 3 is 3.04 bits per heavy atom. The molecular weight excluding hydrogens is 402 g/mol. The Labute approximate surface area is 160 Å². The molecule has 0 fully saturated rings. The van der Waals surface area contributed by atoms with Gasteiger partial charge < -0.3 is 0 Å². The molecule has 1 aromatic carbocycles. The van der Waals surface area contributed by atoms with E-state index in [9.17, 15) is 10.1 Å². The average molecular weight is 412 g/mol. The molecule has 0 bridgehead atoms. The van der Waals surface area contributed by atoms with Crippen molar-refractivity contribution in [2.75, 3.05) is 0 Å². The van der Waals surface area contributed by atoms with Crippen LogP contribution < -0.4 is 0 Å². The molecule has 2 heterocycles. The number of H-pyrrole nitrogens is 1. The normalized spacial score (nSPS) is 11.3. The monoisotopic (exact) mass is 411 g/mol. The van der Waals surface area contributed by atoms with Crippen LogP contribution in [0.5, 0.6) is 0 Å². The lowest BCUT2D eigenvalue weighted by atomic mass is 10.2. The maximum Gasteiger partial charge on any atom is 0.288 e. The lowest BCUT2D eigenvalue weighted by Crippen LogP contribution is -1.99. The number of aryl methyl sites for hydroxylation is 1. The molecule has 0 aliphatic carbocycles. The summed E-state index contributed by atoms with van der Waals surface area (Å²) in [6.07, 6.45) is 1.44. The number of nitrogens with zero attached hydrogens (tertiary/aromatic N) is 8. The fourth-order valence-electron chi connectivity index (χ4n) is 1.88. The molecule has 1 N–H and O–H groups in total. The first-order valence-corrected chi connectivity index (χ1v) is 8.72. The van der Waals surface area contributed by atoms with E-state index < -0.39 is 4.92 Å². The van der Waals surface area contributed by atoms with Crippen LogP contribution in [0.3, 0.4) is 0 Å². The number of tetrazole rings is 1. The van der Waals surface area contributed by atoms with Crippen LogP contribution in [0.2, 0.25) is 5.02 Å². The standard InChI is InChI=1S/C12H10ClN9O2S2/c1-20-12(17-18-19-20)26-6-10-15-16-11(25)21(10)14-5-7-2-3-8(13)9(4-7)22(23)24/h2-5H,6H2,1H3,(H,16,25)/b14-5+. The molecule has 11 nitrogen and oxygen atoms in total. The zero-order valence-electron chi connectivity index (χ0n) is 13.1. The molecule has 0 aliphatic rings. The van der Waals surface area contributed by atoms with E-state index in [4.69, 9.17) is 23.8 Å². The van der Waals surface area contributed by atoms with E-state index in [1.54, 1.807) is 13.1 Å². The van der Waals surface area contributed by atoms with Crippen molar-refractivity contribution >= 4 is 47.5 Å². The molecule has 14 heteroatoms. The van der Waals surface area contributed by atoms with Gasteiger partial charge in [-0.05, 0) is 28.7 Å². The van der Waals surface area contributed by atoms with Crippen molar-refractivity contribution in [1.82, 2.24) is 35.1 Å². The van der Waals surface area contributed by atoms with Gasteiger partial charge in [0.1, 0.15) is 5.02 Å². The number of rotatable bonds is 6. The van der Waals surface area contributed by atoms with E-state index >= 15 is 0 Å². The highest BCUT2D eigenvalue weighted by Gasteiger charge is 2.12. The van der Waals surface area contributed by atoms with E-state index in [2.05, 4.69) is 30.8 Å². The second-order valence-electron chi connectivity index (χ2n) is 4.84. The van der Waals surface area contributed by atoms with Crippen LogP contribution in [-0.4, -0.2) is 46.2 Å². The summed E-state index contributed by atoms with van der Waals surface area (Å²) in [5.74, 6) is 0.960. The molecule has 0 spiro atoms. The zero-order chi connectivity index (χ0) is 18.7. The molecular formula is C12H10ClN9O2S2. The Bertz CT molecular complexity index is 1040. The summed E-state index contributed by atoms with van der Waals surface area (Å²) in [6, 6.07) is 4.38. The summed E-state index contributed by atoms with van der Waals surface area (Å²) in [5, 5.41) is 33.8. The number of halogens is 1. The number of nitrogens with one attached hydrogen (secondary N) is 1. The fourth-order valence-corrected chi connectivity index (χ4v) is 3.03. The van der Waals surface area contributed by atoms with Crippen molar-refractivity contribution in [3.05, 3.63) is 49.5 Å². The van der Waals surface area contributed by atoms with Gasteiger partial charge in [0.15, 0.2) is 5.82 Å². The molecule has 0 amide bonds. The van der Waals surface area contributed by atoms with Crippen LogP contribution in [-0.2, 0) is 12.8 Å². The number of nitro benzene ring substituents is 1. The van der Waals surface area contributed by atoms with Gasteiger partial charge in [0.25, 0.3) is 5.69 Å². The van der Waals surface area contributed by atoms with Crippen molar-refractivity contribution in [1.29, 1.82) is 0 Å². The Morgan fingerprint density at radius 2 is 2.35 bits per heavy atom. The summed E-state index contributed by atoms with van der Waals surface area (Å²) in [4.78, 5) is 10.4. The van der Waals surface area contributed by atoms with E-state index in [0.29, 0.717) is 22.3 Å². The predicted molar refractivity (Wildman–Crippen MR) is 96.9 cm³/mol. The van der Waals surface area contributed by atoms with Gasteiger partial charge in [0, 0.05) is 18.7 Å². The number of nitro groups is 1. The van der Waals surface area contributed by atoms with E-state index in [0.717, 1.165) is 0 Å². The summed E-state index contributed by atoms with van der Waals surface area (Å²) >= 11 is 12.3. The summed E-state index contributed by atoms with van der Waals surface area (Å²) < 4.78 is 3.25. The SMILES string of the molecule is Cn1nnnc1SCc1n[nH]c(=S)n1/N=C/c1ccc(Cl)c([N+](=O)[O-])c1. The van der Waals surface area contributed by atoms with Crippen LogP contribution >= 0.6 is 35.6 Å². The highest BCUT2D eigenvalue weighted by atomic mass is 35.5. The van der Waals surface area contributed by atoms with Crippen LogP contribution in [0.4, 0.5) is 5.69 Å². The molecule has 0 saturated carbocycles. The van der Waals surface area contributed by atoms with Gasteiger partial charge in [-0.25, -0.2) is 4.68 Å². The van der Waals surface area contributed by atoms with Crippen molar-refractivity contribution in [2.45, 2.75) is 10.9 Å². The Morgan fingerprint density at radius 1 is 1.54 bits per heavy atom. The van der Waals surface area contributed by atoms with E-state index in [1.165, 1.54) is 39.5 Å². The molecule has 3 rings (SSSR count). The molecule has 0 saturated heterocycles. The maximum absolute atomic E-state index is 11.0. The molecule has 0 atom stereocenters. The highest BCUT2D eigenvalue weighted by molar-refractivity contribution is 7.98. The Hall–Kier alpha value is -2.64. The quantitative estimate of drug-likeness (QED) is 0.214. The molecule has 3 aromatic rings. The lowest BCUT2D eigenvalue weighted by Gasteiger charge is -2.01. The third kappa shape index (κ3) is 3.95. The van der Waals surface area contributed by atoms with Crippen LogP contribution in [0, 0.1) is 14.9 Å². The van der Waals surface area contributed by atoms with Crippen molar-refractivity contribution in [2.24, 2.45) is 12.1 Å². The van der Waals surface area contributed by atoms with Gasteiger partial charge in [-0.2, -0.15) is 14.9 Å². The second-order valence-corrected chi connectivity index (χ2v) is 6.58. The van der Waals surface area contributed by atoms with Crippen molar-refractivity contribution in [3.8, 4) is 0 Å². The summed E-state index contributed by atoms with van der Waals surface area (Å²) in [6.45, 7) is 0. The van der Waals surface area contributed by atoms with Crippen molar-refractivity contribution < 1.29 is 4.92 Å². The summed E-state index contributed by atoms with van der Waals surface area (Å²) in [5.41, 5.74) is 0.303. The fraction of sp³-hybridized carbons (Fsp3) is 0.167. The van der Waals surface area contributed by atoms with E-state index in [-0.39, 0.29) is 15.5 Å². The zero-order valence-corrected chi connectivity index (χ0v) is 15.5. The minimum absolute atomic E-state index is 0.0569. The van der Waals surface area contributed by atoms with Gasteiger partial charge in [-0.1, -0.05) is 29.4 Å². The van der Waals surface area contributed by atoms with Crippen LogP contribution in [0.15, 0.2) is 28.5 Å². The number of hydrogen-bond acceptors (Lipinski definition) is 9. The van der Waals surface area contributed by atoms with Crippen molar-refractivity contribution in [3.63, 3.8) is 0 Å². The largest absolute Gasteiger partial charge is 0.288 e. The molecule has 0 radical (unpaired) electrons. The molecule has 0 unspecified atom stereocenters. The topological polar surface area (TPSA) is 133 Å². The number of aromatic nitrogens is 7. The smallest absolute Gasteiger partial charge is 0.258 e. The number of thioether (sulfide) groups is 1. The number of benzene rings is 1. The summed E-state index contributed by atoms with van der Waals surface area (Å²) in [7, 11) is 1.73. The molecule has 26 heavy (non-hydrogen) atoms. The third-order valence-corrected chi connectivity index (χ3v) is 4.71. The van der Waals surface area contributed by atoms with Gasteiger partial charge in [0.2, 0.25) is 9.93 Å². The predicted octanol–water partition coefficient (Wildman–Crippen LogP) is 2.20. The average Bonchev–Trinajstić information content (AvgIpc) is 3.17. The highest BCUT2D eigenvalue weighted by Crippen LogP contribution is 2.24. The molecule has 134 valence electrons. The number of hydrogen-bond donors (Lipinski definition) is 1. The first-order valence-electron chi connectivity index (χ1n) is 6.95. The van der Waals surface area contributed by atoms with Gasteiger partial charge in [-0.3, -0.25) is 15.2 Å². The van der Waals surface area contributed by atoms with Gasteiger partial charge >= 0.3 is 0 Å². The molecule has 2 aromatic heterocycles. The Kier molecular flexibility index (Phi) is 5.39. The first kappa shape index (κ1) is 18.2. The van der Waals surface area contributed by atoms with Gasteiger partial charge in [0.05, 0.1) is 16.9 Å². The Balaban J connectivity index is 1.82. The maximum atomic E-state index is 11.0. The number of aromatic amines is 1. The van der Waals surface area contributed by atoms with Crippen LogP contribution in [0.25, 0.3) is 0 Å². The third-order valence-electron chi connectivity index (χ3n) is 3.12. The van der Waals surface area contributed by atoms with E-state index in [1.807, 2.05) is 0 Å². The lowest BCUT2D eigenvalue weighted by molar-refractivity contribution is -0.384. The molecule has 0 aliphatic heterocycles. The first-order chi connectivity index (χ1) is 12.5. The second kappa shape index (κ2) is 7.72. The minimum Gasteiger partial charge on any atom is -0.258 e.